The minimum absolute atomic E-state index is 0.0539. The Balaban J connectivity index is 2.25. The molecule has 0 atom stereocenters. The molecule has 1 saturated heterocycles. The van der Waals surface area contributed by atoms with Crippen LogP contribution < -0.4 is 0 Å². The second-order valence-corrected chi connectivity index (χ2v) is 4.73. The van der Waals surface area contributed by atoms with Gasteiger partial charge >= 0.3 is 11.9 Å². The Morgan fingerprint density at radius 3 is 2.37 bits per heavy atom. The van der Waals surface area contributed by atoms with Gasteiger partial charge in [0, 0.05) is 25.9 Å². The average Bonchev–Trinajstić information content (AvgIpc) is 2.36. The first-order valence-corrected chi connectivity index (χ1v) is 6.68. The molecule has 0 spiro atoms. The molecule has 0 unspecified atom stereocenters. The first kappa shape index (κ1) is 15.5. The van der Waals surface area contributed by atoms with E-state index in [4.69, 9.17) is 9.84 Å². The Morgan fingerprint density at radius 1 is 1.21 bits per heavy atom. The monoisotopic (exact) mass is 271 g/mol. The molecular formula is C13H21NO5. The number of carboxylic acid groups (broad SMARTS) is 1. The van der Waals surface area contributed by atoms with Crippen molar-refractivity contribution < 1.29 is 24.2 Å². The Hall–Kier alpha value is -1.59. The molecule has 0 aromatic carbocycles. The zero-order chi connectivity index (χ0) is 14.3. The molecule has 1 amide bonds. The number of carbonyl (C=O) groups is 3. The fourth-order valence-corrected chi connectivity index (χ4v) is 2.23. The zero-order valence-corrected chi connectivity index (χ0v) is 11.3. The minimum Gasteiger partial charge on any atom is -0.481 e. The standard InChI is InChI=1S/C13H21NO5/c1-2-19-13(18)4-3-11(15)14-7-5-10(6-8-14)9-12(16)17/h10H,2-9H2,1H3,(H,16,17). The van der Waals surface area contributed by atoms with E-state index in [1.54, 1.807) is 11.8 Å². The number of nitrogens with zero attached hydrogens (tertiary/aromatic N) is 1. The van der Waals surface area contributed by atoms with Crippen molar-refractivity contribution in [2.24, 2.45) is 5.92 Å². The Bertz CT molecular complexity index is 334. The van der Waals surface area contributed by atoms with Crippen LogP contribution >= 0.6 is 0 Å². The van der Waals surface area contributed by atoms with E-state index in [9.17, 15) is 14.4 Å². The van der Waals surface area contributed by atoms with Crippen LogP contribution in [0.25, 0.3) is 0 Å². The van der Waals surface area contributed by atoms with Gasteiger partial charge in [-0.2, -0.15) is 0 Å². The molecule has 1 rings (SSSR count). The van der Waals surface area contributed by atoms with Crippen molar-refractivity contribution >= 4 is 17.8 Å². The summed E-state index contributed by atoms with van der Waals surface area (Å²) >= 11 is 0. The fourth-order valence-electron chi connectivity index (χ4n) is 2.23. The number of carbonyl (C=O) groups excluding carboxylic acids is 2. The summed E-state index contributed by atoms with van der Waals surface area (Å²) in [4.78, 5) is 35.3. The van der Waals surface area contributed by atoms with Gasteiger partial charge in [0.25, 0.3) is 0 Å². The first-order valence-electron chi connectivity index (χ1n) is 6.68. The number of ether oxygens (including phenoxy) is 1. The van der Waals surface area contributed by atoms with E-state index in [0.29, 0.717) is 19.7 Å². The molecule has 0 aromatic rings. The number of amides is 1. The van der Waals surface area contributed by atoms with E-state index in [1.807, 2.05) is 0 Å². The molecule has 1 N–H and O–H groups in total. The van der Waals surface area contributed by atoms with Gasteiger partial charge in [-0.1, -0.05) is 0 Å². The SMILES string of the molecule is CCOC(=O)CCC(=O)N1CCC(CC(=O)O)CC1. The van der Waals surface area contributed by atoms with E-state index >= 15 is 0 Å². The summed E-state index contributed by atoms with van der Waals surface area (Å²) in [5.74, 6) is -1.03. The molecule has 1 aliphatic heterocycles. The van der Waals surface area contributed by atoms with E-state index < -0.39 is 5.97 Å². The molecule has 6 nitrogen and oxygen atoms in total. The summed E-state index contributed by atoms with van der Waals surface area (Å²) in [6.07, 6.45) is 1.89. The van der Waals surface area contributed by atoms with Gasteiger partial charge < -0.3 is 14.7 Å². The Labute approximate surface area is 112 Å². The molecule has 1 fully saturated rings. The van der Waals surface area contributed by atoms with E-state index in [1.165, 1.54) is 0 Å². The van der Waals surface area contributed by atoms with E-state index in [-0.39, 0.29) is 37.1 Å². The predicted molar refractivity (Wildman–Crippen MR) is 67.4 cm³/mol. The fraction of sp³-hybridized carbons (Fsp3) is 0.769. The maximum Gasteiger partial charge on any atom is 0.306 e. The zero-order valence-electron chi connectivity index (χ0n) is 11.3. The number of aliphatic carboxylic acids is 1. The lowest BCUT2D eigenvalue weighted by Crippen LogP contribution is -2.39. The second kappa shape index (κ2) is 7.76. The summed E-state index contributed by atoms with van der Waals surface area (Å²) in [6.45, 7) is 3.22. The molecule has 6 heteroatoms. The molecule has 108 valence electrons. The number of piperidine rings is 1. The maximum atomic E-state index is 11.8. The van der Waals surface area contributed by atoms with Crippen LogP contribution in [0.5, 0.6) is 0 Å². The van der Waals surface area contributed by atoms with Crippen molar-refractivity contribution in [3.63, 3.8) is 0 Å². The molecule has 19 heavy (non-hydrogen) atoms. The lowest BCUT2D eigenvalue weighted by molar-refractivity contribution is -0.146. The topological polar surface area (TPSA) is 83.9 Å². The highest BCUT2D eigenvalue weighted by molar-refractivity contribution is 5.81. The van der Waals surface area contributed by atoms with Crippen molar-refractivity contribution in [2.45, 2.75) is 39.0 Å². The van der Waals surface area contributed by atoms with Crippen LogP contribution in [-0.4, -0.2) is 47.5 Å². The van der Waals surface area contributed by atoms with Crippen LogP contribution in [0.2, 0.25) is 0 Å². The summed E-state index contributed by atoms with van der Waals surface area (Å²) in [7, 11) is 0. The van der Waals surface area contributed by atoms with Gasteiger partial charge in [0.05, 0.1) is 13.0 Å². The van der Waals surface area contributed by atoms with Crippen LogP contribution in [0.3, 0.4) is 0 Å². The minimum atomic E-state index is -0.785. The van der Waals surface area contributed by atoms with Crippen molar-refractivity contribution in [2.75, 3.05) is 19.7 Å². The lowest BCUT2D eigenvalue weighted by Gasteiger charge is -2.31. The third kappa shape index (κ3) is 5.72. The molecule has 0 radical (unpaired) electrons. The van der Waals surface area contributed by atoms with Crippen LogP contribution in [0, 0.1) is 5.92 Å². The highest BCUT2D eigenvalue weighted by Crippen LogP contribution is 2.21. The number of esters is 1. The molecule has 0 aliphatic carbocycles. The predicted octanol–water partition coefficient (Wildman–Crippen LogP) is 1.04. The number of likely N-dealkylation sites (tertiary alicyclic amines) is 1. The van der Waals surface area contributed by atoms with Crippen LogP contribution in [0.1, 0.15) is 39.0 Å². The summed E-state index contributed by atoms with van der Waals surface area (Å²) in [5, 5.41) is 8.70. The highest BCUT2D eigenvalue weighted by atomic mass is 16.5. The van der Waals surface area contributed by atoms with Crippen molar-refractivity contribution in [1.82, 2.24) is 4.90 Å². The van der Waals surface area contributed by atoms with Gasteiger partial charge in [-0.05, 0) is 25.7 Å². The molecule has 0 bridgehead atoms. The van der Waals surface area contributed by atoms with Gasteiger partial charge in [-0.3, -0.25) is 14.4 Å². The maximum absolute atomic E-state index is 11.8. The third-order valence-corrected chi connectivity index (χ3v) is 3.28. The molecule has 0 aromatic heterocycles. The Morgan fingerprint density at radius 2 is 1.84 bits per heavy atom. The Kier molecular flexibility index (Phi) is 6.32. The van der Waals surface area contributed by atoms with Crippen LogP contribution in [0.4, 0.5) is 0 Å². The quantitative estimate of drug-likeness (QED) is 0.730. The summed E-state index contributed by atoms with van der Waals surface area (Å²) in [6, 6.07) is 0. The highest BCUT2D eigenvalue weighted by Gasteiger charge is 2.24. The largest absolute Gasteiger partial charge is 0.481 e. The van der Waals surface area contributed by atoms with Gasteiger partial charge in [0.15, 0.2) is 0 Å². The van der Waals surface area contributed by atoms with Gasteiger partial charge in [0.2, 0.25) is 5.91 Å². The van der Waals surface area contributed by atoms with Crippen LogP contribution in [0.15, 0.2) is 0 Å². The van der Waals surface area contributed by atoms with Crippen LogP contribution in [-0.2, 0) is 19.1 Å². The second-order valence-electron chi connectivity index (χ2n) is 4.73. The van der Waals surface area contributed by atoms with Crippen molar-refractivity contribution in [3.8, 4) is 0 Å². The summed E-state index contributed by atoms with van der Waals surface area (Å²) in [5.41, 5.74) is 0. The number of carboxylic acids is 1. The molecular weight excluding hydrogens is 250 g/mol. The number of hydrogen-bond donors (Lipinski definition) is 1. The van der Waals surface area contributed by atoms with Gasteiger partial charge in [-0.25, -0.2) is 0 Å². The number of rotatable bonds is 6. The lowest BCUT2D eigenvalue weighted by atomic mass is 9.93. The smallest absolute Gasteiger partial charge is 0.306 e. The first-order chi connectivity index (χ1) is 9.02. The van der Waals surface area contributed by atoms with Gasteiger partial charge in [0.1, 0.15) is 0 Å². The van der Waals surface area contributed by atoms with E-state index in [2.05, 4.69) is 0 Å². The molecule has 1 heterocycles. The summed E-state index contributed by atoms with van der Waals surface area (Å²) < 4.78 is 4.77. The normalized spacial score (nSPS) is 16.2. The molecule has 0 saturated carbocycles. The van der Waals surface area contributed by atoms with Crippen molar-refractivity contribution in [3.05, 3.63) is 0 Å². The third-order valence-electron chi connectivity index (χ3n) is 3.28. The van der Waals surface area contributed by atoms with Gasteiger partial charge in [-0.15, -0.1) is 0 Å². The molecule has 1 aliphatic rings. The average molecular weight is 271 g/mol. The number of hydrogen-bond acceptors (Lipinski definition) is 4. The van der Waals surface area contributed by atoms with Crippen molar-refractivity contribution in [1.29, 1.82) is 0 Å². The van der Waals surface area contributed by atoms with E-state index in [0.717, 1.165) is 12.8 Å².